The minimum atomic E-state index is -0.490. The van der Waals surface area contributed by atoms with Crippen molar-refractivity contribution in [2.45, 2.75) is 26.7 Å². The number of nitrogens with zero attached hydrogens (tertiary/aromatic N) is 4. The van der Waals surface area contributed by atoms with Gasteiger partial charge in [-0.05, 0) is 54.8 Å². The third-order valence-electron chi connectivity index (χ3n) is 6.92. The summed E-state index contributed by atoms with van der Waals surface area (Å²) in [4.78, 5) is 47.6. The number of pyridine rings is 2. The average molecular weight is 584 g/mol. The quantitative estimate of drug-likeness (QED) is 0.266. The number of imide groups is 1. The van der Waals surface area contributed by atoms with E-state index >= 15 is 0 Å². The van der Waals surface area contributed by atoms with Gasteiger partial charge in [0.25, 0.3) is 5.56 Å². The Balaban J connectivity index is 1.97. The van der Waals surface area contributed by atoms with E-state index in [2.05, 4.69) is 0 Å². The highest BCUT2D eigenvalue weighted by molar-refractivity contribution is 6.36. The van der Waals surface area contributed by atoms with E-state index in [1.165, 1.54) is 18.4 Å². The summed E-state index contributed by atoms with van der Waals surface area (Å²) < 4.78 is 1.46. The second kappa shape index (κ2) is 10.6. The van der Waals surface area contributed by atoms with Crippen molar-refractivity contribution in [3.8, 4) is 22.4 Å². The van der Waals surface area contributed by atoms with E-state index in [9.17, 15) is 14.4 Å². The molecule has 0 saturated carbocycles. The first kappa shape index (κ1) is 27.2. The highest BCUT2D eigenvalue weighted by Crippen LogP contribution is 2.42. The smallest absolute Gasteiger partial charge is 0.277 e. The summed E-state index contributed by atoms with van der Waals surface area (Å²) >= 11 is 19.0. The predicted molar refractivity (Wildman–Crippen MR) is 158 cm³/mol. The second-order valence-electron chi connectivity index (χ2n) is 9.52. The molecule has 39 heavy (non-hydrogen) atoms. The predicted octanol–water partition coefficient (Wildman–Crippen LogP) is 6.73. The molecule has 0 atom stereocenters. The lowest BCUT2D eigenvalue weighted by Gasteiger charge is -2.28. The largest absolute Gasteiger partial charge is 0.365 e. The van der Waals surface area contributed by atoms with E-state index < -0.39 is 11.8 Å². The van der Waals surface area contributed by atoms with Gasteiger partial charge >= 0.3 is 0 Å². The molecule has 5 rings (SSSR count). The fraction of sp³-hybridized carbons (Fsp3) is 0.241. The summed E-state index contributed by atoms with van der Waals surface area (Å²) in [5.41, 5.74) is 3.12. The van der Waals surface area contributed by atoms with Gasteiger partial charge in [0.1, 0.15) is 11.3 Å². The molecular formula is C29H25Cl3N4O3. The Hall–Kier alpha value is -3.39. The van der Waals surface area contributed by atoms with Crippen molar-refractivity contribution >= 4 is 69.0 Å². The first-order valence-corrected chi connectivity index (χ1v) is 13.6. The van der Waals surface area contributed by atoms with Gasteiger partial charge in [0.2, 0.25) is 11.8 Å². The molecule has 0 spiro atoms. The van der Waals surface area contributed by atoms with Crippen LogP contribution in [0.2, 0.25) is 15.1 Å². The molecule has 1 fully saturated rings. The topological polar surface area (TPSA) is 75.5 Å². The molecule has 10 heteroatoms. The summed E-state index contributed by atoms with van der Waals surface area (Å²) in [7, 11) is 1.64. The molecule has 2 aromatic heterocycles. The normalized spacial score (nSPS) is 13.2. The average Bonchev–Trinajstić information content (AvgIpc) is 3.41. The zero-order chi connectivity index (χ0) is 28.0. The fourth-order valence-electron chi connectivity index (χ4n) is 5.14. The summed E-state index contributed by atoms with van der Waals surface area (Å²) in [5, 5.41) is 1.92. The summed E-state index contributed by atoms with van der Waals surface area (Å²) in [5.74, 6) is -0.981. The Kier molecular flexibility index (Phi) is 7.42. The maximum atomic E-state index is 13.9. The molecule has 0 aliphatic carbocycles. The van der Waals surface area contributed by atoms with Gasteiger partial charge in [-0.15, -0.1) is 0 Å². The van der Waals surface area contributed by atoms with E-state index in [4.69, 9.17) is 39.8 Å². The number of halogens is 3. The van der Waals surface area contributed by atoms with Gasteiger partial charge in [-0.25, -0.2) is 9.88 Å². The first-order chi connectivity index (χ1) is 18.6. The Morgan fingerprint density at radius 3 is 2.08 bits per heavy atom. The number of anilines is 2. The van der Waals surface area contributed by atoms with Crippen molar-refractivity contribution in [1.82, 2.24) is 9.55 Å². The van der Waals surface area contributed by atoms with E-state index in [-0.39, 0.29) is 11.2 Å². The van der Waals surface area contributed by atoms with Gasteiger partial charge in [0.15, 0.2) is 0 Å². The molecule has 1 aliphatic rings. The molecule has 200 valence electrons. The molecular weight excluding hydrogens is 559 g/mol. The lowest BCUT2D eigenvalue weighted by Crippen LogP contribution is -2.39. The van der Waals surface area contributed by atoms with Gasteiger partial charge < -0.3 is 4.90 Å². The Labute approximate surface area is 240 Å². The Bertz CT molecular complexity index is 1680. The van der Waals surface area contributed by atoms with E-state index in [1.54, 1.807) is 37.4 Å². The maximum Gasteiger partial charge on any atom is 0.277 e. The molecule has 1 aliphatic heterocycles. The number of benzene rings is 2. The second-order valence-corrected chi connectivity index (χ2v) is 10.8. The number of aryl methyl sites for hydroxylation is 1. The standard InChI is InChI=1S/C29H25Cl3N4O3/c1-16(37)36(17(2)38)26-23-15-22(18-6-8-19(30)9-7-18)25(21-11-10-20(31)14-24(21)32)33-28(23)34(3)29(39)27(26)35-12-4-5-13-35/h6-11,14-15H,4-5,12-13H2,1-3H3. The highest BCUT2D eigenvalue weighted by Gasteiger charge is 2.31. The Morgan fingerprint density at radius 1 is 0.872 bits per heavy atom. The molecule has 0 N–H and O–H groups in total. The van der Waals surface area contributed by atoms with E-state index in [0.717, 1.165) is 23.3 Å². The molecule has 7 nitrogen and oxygen atoms in total. The number of amides is 2. The van der Waals surface area contributed by atoms with Crippen molar-refractivity contribution in [2.75, 3.05) is 22.9 Å². The number of rotatable bonds is 4. The van der Waals surface area contributed by atoms with E-state index in [0.29, 0.717) is 61.7 Å². The van der Waals surface area contributed by atoms with Crippen LogP contribution >= 0.6 is 34.8 Å². The van der Waals surface area contributed by atoms with Gasteiger partial charge in [0.05, 0.1) is 16.4 Å². The van der Waals surface area contributed by atoms with Gasteiger partial charge in [-0.3, -0.25) is 19.0 Å². The molecule has 2 amide bonds. The number of carbonyl (C=O) groups is 2. The molecule has 4 aromatic rings. The molecule has 2 aromatic carbocycles. The van der Waals surface area contributed by atoms with Gasteiger partial charge in [-0.1, -0.05) is 46.9 Å². The third-order valence-corrected chi connectivity index (χ3v) is 7.72. The minimum Gasteiger partial charge on any atom is -0.365 e. The van der Waals surface area contributed by atoms with Crippen molar-refractivity contribution in [1.29, 1.82) is 0 Å². The van der Waals surface area contributed by atoms with Gasteiger partial charge in [0, 0.05) is 60.5 Å². The SMILES string of the molecule is CC(=O)N(C(C)=O)c1c(N2CCCC2)c(=O)n(C)c2nc(-c3ccc(Cl)cc3Cl)c(-c3ccc(Cl)cc3)cc12. The van der Waals surface area contributed by atoms with Crippen molar-refractivity contribution < 1.29 is 9.59 Å². The van der Waals surface area contributed by atoms with Crippen LogP contribution < -0.4 is 15.4 Å². The lowest BCUT2D eigenvalue weighted by atomic mass is 9.97. The summed E-state index contributed by atoms with van der Waals surface area (Å²) in [6.45, 7) is 3.92. The fourth-order valence-corrected chi connectivity index (χ4v) is 5.77. The monoisotopic (exact) mass is 582 g/mol. The van der Waals surface area contributed by atoms with Crippen LogP contribution in [0.5, 0.6) is 0 Å². The Morgan fingerprint density at radius 2 is 1.49 bits per heavy atom. The highest BCUT2D eigenvalue weighted by atomic mass is 35.5. The maximum absolute atomic E-state index is 13.9. The van der Waals surface area contributed by atoms with Gasteiger partial charge in [-0.2, -0.15) is 0 Å². The van der Waals surface area contributed by atoms with E-state index in [1.807, 2.05) is 23.1 Å². The summed E-state index contributed by atoms with van der Waals surface area (Å²) in [6.07, 6.45) is 1.81. The number of carbonyl (C=O) groups excluding carboxylic acids is 2. The summed E-state index contributed by atoms with van der Waals surface area (Å²) in [6, 6.07) is 14.2. The number of hydrogen-bond acceptors (Lipinski definition) is 5. The molecule has 0 unspecified atom stereocenters. The number of aromatic nitrogens is 2. The number of fused-ring (bicyclic) bond motifs is 1. The lowest BCUT2D eigenvalue weighted by molar-refractivity contribution is -0.124. The van der Waals surface area contributed by atoms with Crippen LogP contribution in [0.4, 0.5) is 11.4 Å². The van der Waals surface area contributed by atoms with Crippen LogP contribution in [0.15, 0.2) is 53.3 Å². The van der Waals surface area contributed by atoms with Crippen LogP contribution in [0.1, 0.15) is 26.7 Å². The molecule has 1 saturated heterocycles. The zero-order valence-electron chi connectivity index (χ0n) is 21.6. The number of hydrogen-bond donors (Lipinski definition) is 0. The third kappa shape index (κ3) is 4.91. The zero-order valence-corrected chi connectivity index (χ0v) is 23.9. The molecule has 0 bridgehead atoms. The van der Waals surface area contributed by atoms with Crippen LogP contribution in [0, 0.1) is 0 Å². The minimum absolute atomic E-state index is 0.242. The molecule has 0 radical (unpaired) electrons. The van der Waals surface area contributed by atoms with Crippen molar-refractivity contribution in [3.63, 3.8) is 0 Å². The first-order valence-electron chi connectivity index (χ1n) is 12.4. The van der Waals surface area contributed by atoms with Crippen molar-refractivity contribution in [3.05, 3.63) is 74.0 Å². The van der Waals surface area contributed by atoms with Crippen molar-refractivity contribution in [2.24, 2.45) is 7.05 Å². The van der Waals surface area contributed by atoms with Crippen LogP contribution in [0.25, 0.3) is 33.4 Å². The van der Waals surface area contributed by atoms with Crippen LogP contribution in [0.3, 0.4) is 0 Å². The van der Waals surface area contributed by atoms with Crippen LogP contribution in [-0.4, -0.2) is 34.5 Å². The van der Waals surface area contributed by atoms with Crippen LogP contribution in [-0.2, 0) is 16.6 Å². The molecule has 3 heterocycles.